The number of amides is 1. The monoisotopic (exact) mass is 399 g/mol. The van der Waals surface area contributed by atoms with E-state index < -0.39 is 5.54 Å². The van der Waals surface area contributed by atoms with Crippen LogP contribution in [-0.2, 0) is 9.53 Å². The Morgan fingerprint density at radius 2 is 1.79 bits per heavy atom. The Labute approximate surface area is 171 Å². The van der Waals surface area contributed by atoms with E-state index in [4.69, 9.17) is 10.5 Å². The molecule has 0 radical (unpaired) electrons. The van der Waals surface area contributed by atoms with Crippen molar-refractivity contribution in [3.05, 3.63) is 71.9 Å². The predicted molar refractivity (Wildman–Crippen MR) is 114 cm³/mol. The van der Waals surface area contributed by atoms with E-state index in [2.05, 4.69) is 34.6 Å². The van der Waals surface area contributed by atoms with Crippen molar-refractivity contribution in [2.45, 2.75) is 24.3 Å². The van der Waals surface area contributed by atoms with Crippen molar-refractivity contribution >= 4 is 29.2 Å². The van der Waals surface area contributed by atoms with E-state index in [1.165, 1.54) is 16.5 Å². The zero-order chi connectivity index (χ0) is 18.7. The van der Waals surface area contributed by atoms with Crippen molar-refractivity contribution in [2.75, 3.05) is 19.8 Å². The van der Waals surface area contributed by atoms with Crippen LogP contribution in [-0.4, -0.2) is 36.2 Å². The maximum Gasteiger partial charge on any atom is 0.240 e. The lowest BCUT2D eigenvalue weighted by molar-refractivity contribution is -0.129. The molecule has 4 rings (SSSR count). The highest BCUT2D eigenvalue weighted by molar-refractivity contribution is 5.87. The Kier molecular flexibility index (Phi) is 6.39. The van der Waals surface area contributed by atoms with Gasteiger partial charge in [0.25, 0.3) is 0 Å². The summed E-state index contributed by atoms with van der Waals surface area (Å²) in [7, 11) is 0. The average molecular weight is 400 g/mol. The number of H-pyrrole nitrogens is 1. The first kappa shape index (κ1) is 20.4. The van der Waals surface area contributed by atoms with Crippen molar-refractivity contribution in [3.8, 4) is 0 Å². The minimum absolute atomic E-state index is 0. The van der Waals surface area contributed by atoms with Gasteiger partial charge in [-0.05, 0) is 30.0 Å². The van der Waals surface area contributed by atoms with E-state index in [-0.39, 0.29) is 24.2 Å². The molecule has 4 N–H and O–H groups in total. The third-order valence-corrected chi connectivity index (χ3v) is 5.50. The second-order valence-electron chi connectivity index (χ2n) is 7.23. The van der Waals surface area contributed by atoms with Gasteiger partial charge in [0, 0.05) is 42.8 Å². The van der Waals surface area contributed by atoms with E-state index in [0.29, 0.717) is 32.6 Å². The number of rotatable bonds is 5. The summed E-state index contributed by atoms with van der Waals surface area (Å²) in [6, 6.07) is 18.5. The molecule has 1 saturated heterocycles. The maximum absolute atomic E-state index is 12.8. The first-order valence-corrected chi connectivity index (χ1v) is 9.43. The second-order valence-corrected chi connectivity index (χ2v) is 7.23. The number of fused-ring (bicyclic) bond motifs is 1. The van der Waals surface area contributed by atoms with Crippen LogP contribution in [0.1, 0.15) is 29.9 Å². The van der Waals surface area contributed by atoms with Crippen LogP contribution in [0.4, 0.5) is 0 Å². The Morgan fingerprint density at radius 1 is 1.11 bits per heavy atom. The SMILES string of the molecule is Cl.NC1(C(=O)NCC(c2ccccc2)c2c[nH]c3ccccc23)CCOCC1. The van der Waals surface area contributed by atoms with Gasteiger partial charge in [0.05, 0.1) is 5.54 Å². The van der Waals surface area contributed by atoms with Gasteiger partial charge in [-0.15, -0.1) is 12.4 Å². The molecule has 2 aromatic carbocycles. The molecule has 1 aliphatic heterocycles. The van der Waals surface area contributed by atoms with Crippen LogP contribution >= 0.6 is 12.4 Å². The van der Waals surface area contributed by atoms with E-state index in [0.717, 1.165) is 5.52 Å². The zero-order valence-corrected chi connectivity index (χ0v) is 16.5. The molecule has 1 fully saturated rings. The molecule has 3 aromatic rings. The van der Waals surface area contributed by atoms with Crippen LogP contribution in [0, 0.1) is 0 Å². The van der Waals surface area contributed by atoms with Gasteiger partial charge in [0.15, 0.2) is 0 Å². The molecule has 1 unspecified atom stereocenters. The molecule has 6 heteroatoms. The summed E-state index contributed by atoms with van der Waals surface area (Å²) in [4.78, 5) is 16.1. The number of aromatic amines is 1. The number of benzene rings is 2. The van der Waals surface area contributed by atoms with Gasteiger partial charge >= 0.3 is 0 Å². The lowest BCUT2D eigenvalue weighted by Crippen LogP contribution is -2.57. The summed E-state index contributed by atoms with van der Waals surface area (Å²) in [6.45, 7) is 1.58. The third kappa shape index (κ3) is 4.07. The lowest BCUT2D eigenvalue weighted by Gasteiger charge is -2.32. The molecule has 0 spiro atoms. The highest BCUT2D eigenvalue weighted by Gasteiger charge is 2.36. The summed E-state index contributed by atoms with van der Waals surface area (Å²) in [5, 5.41) is 4.29. The quantitative estimate of drug-likeness (QED) is 0.615. The summed E-state index contributed by atoms with van der Waals surface area (Å²) >= 11 is 0. The van der Waals surface area contributed by atoms with E-state index in [9.17, 15) is 4.79 Å². The van der Waals surface area contributed by atoms with Gasteiger partial charge in [-0.2, -0.15) is 0 Å². The van der Waals surface area contributed by atoms with E-state index in [1.807, 2.05) is 36.5 Å². The molecule has 0 saturated carbocycles. The fourth-order valence-corrected chi connectivity index (χ4v) is 3.81. The van der Waals surface area contributed by atoms with E-state index >= 15 is 0 Å². The normalized spacial score (nSPS) is 16.9. The first-order valence-electron chi connectivity index (χ1n) is 9.43. The van der Waals surface area contributed by atoms with Gasteiger partial charge < -0.3 is 20.8 Å². The molecule has 1 atom stereocenters. The number of nitrogens with two attached hydrogens (primary N) is 1. The van der Waals surface area contributed by atoms with Crippen LogP contribution in [0.15, 0.2) is 60.8 Å². The topological polar surface area (TPSA) is 80.1 Å². The lowest BCUT2D eigenvalue weighted by atomic mass is 9.88. The minimum atomic E-state index is -0.834. The number of aromatic nitrogens is 1. The Bertz CT molecular complexity index is 920. The molecule has 2 heterocycles. The second kappa shape index (κ2) is 8.78. The number of carbonyl (C=O) groups excluding carboxylic acids is 1. The smallest absolute Gasteiger partial charge is 0.240 e. The number of para-hydroxylation sites is 1. The van der Waals surface area contributed by atoms with Crippen LogP contribution < -0.4 is 11.1 Å². The van der Waals surface area contributed by atoms with Crippen molar-refractivity contribution in [1.82, 2.24) is 10.3 Å². The van der Waals surface area contributed by atoms with Gasteiger partial charge in [0.2, 0.25) is 5.91 Å². The van der Waals surface area contributed by atoms with Gasteiger partial charge in [-0.3, -0.25) is 4.79 Å². The molecule has 5 nitrogen and oxygen atoms in total. The zero-order valence-electron chi connectivity index (χ0n) is 15.7. The summed E-state index contributed by atoms with van der Waals surface area (Å²) in [6.07, 6.45) is 3.16. The van der Waals surface area contributed by atoms with Gasteiger partial charge in [-0.1, -0.05) is 48.5 Å². The highest BCUT2D eigenvalue weighted by atomic mass is 35.5. The molecule has 28 heavy (non-hydrogen) atoms. The molecule has 1 aliphatic rings. The Morgan fingerprint density at radius 3 is 2.54 bits per heavy atom. The summed E-state index contributed by atoms with van der Waals surface area (Å²) in [5.41, 5.74) is 8.94. The molecule has 148 valence electrons. The summed E-state index contributed by atoms with van der Waals surface area (Å²) in [5.74, 6) is -0.0405. The molecule has 0 bridgehead atoms. The standard InChI is InChI=1S/C22H25N3O2.ClH/c23-22(10-12-27-13-11-22)21(26)25-14-18(16-6-2-1-3-7-16)19-15-24-20-9-5-4-8-17(19)20;/h1-9,15,18,24H,10-14,23H2,(H,25,26);1H. The van der Waals surface area contributed by atoms with Crippen molar-refractivity contribution < 1.29 is 9.53 Å². The largest absolute Gasteiger partial charge is 0.381 e. The number of ether oxygens (including phenoxy) is 1. The van der Waals surface area contributed by atoms with Crippen molar-refractivity contribution in [3.63, 3.8) is 0 Å². The van der Waals surface area contributed by atoms with Crippen molar-refractivity contribution in [1.29, 1.82) is 0 Å². The van der Waals surface area contributed by atoms with E-state index in [1.54, 1.807) is 0 Å². The van der Waals surface area contributed by atoms with Crippen LogP contribution in [0.5, 0.6) is 0 Å². The van der Waals surface area contributed by atoms with Crippen LogP contribution in [0.3, 0.4) is 0 Å². The number of hydrogen-bond acceptors (Lipinski definition) is 3. The minimum Gasteiger partial charge on any atom is -0.381 e. The van der Waals surface area contributed by atoms with Crippen LogP contribution in [0.25, 0.3) is 10.9 Å². The number of carbonyl (C=O) groups is 1. The fourth-order valence-electron chi connectivity index (χ4n) is 3.81. The molecular formula is C22H26ClN3O2. The molecule has 0 aliphatic carbocycles. The molecule has 1 amide bonds. The van der Waals surface area contributed by atoms with Crippen molar-refractivity contribution in [2.24, 2.45) is 5.73 Å². The number of nitrogens with one attached hydrogen (secondary N) is 2. The predicted octanol–water partition coefficient (Wildman–Crippen LogP) is 3.35. The first-order chi connectivity index (χ1) is 13.2. The Balaban J connectivity index is 0.00000225. The van der Waals surface area contributed by atoms with Gasteiger partial charge in [0.1, 0.15) is 0 Å². The third-order valence-electron chi connectivity index (χ3n) is 5.50. The van der Waals surface area contributed by atoms with Gasteiger partial charge in [-0.25, -0.2) is 0 Å². The Hall–Kier alpha value is -2.34. The molecule has 1 aromatic heterocycles. The fraction of sp³-hybridized carbons (Fsp3) is 0.318. The highest BCUT2D eigenvalue weighted by Crippen LogP contribution is 2.30. The molecular weight excluding hydrogens is 374 g/mol. The number of halogens is 1. The average Bonchev–Trinajstić information content (AvgIpc) is 3.13. The summed E-state index contributed by atoms with van der Waals surface area (Å²) < 4.78 is 5.35. The number of hydrogen-bond donors (Lipinski definition) is 3. The van der Waals surface area contributed by atoms with Crippen LogP contribution in [0.2, 0.25) is 0 Å². The maximum atomic E-state index is 12.8.